The number of hydrogen-bond acceptors (Lipinski definition) is 3. The molecule has 20 heavy (non-hydrogen) atoms. The summed E-state index contributed by atoms with van der Waals surface area (Å²) in [4.78, 5) is 5.29. The second kappa shape index (κ2) is 5.38. The van der Waals surface area contributed by atoms with Gasteiger partial charge in [-0.2, -0.15) is 0 Å². The Morgan fingerprint density at radius 1 is 1.05 bits per heavy atom. The van der Waals surface area contributed by atoms with Gasteiger partial charge < -0.3 is 10.2 Å². The van der Waals surface area contributed by atoms with Crippen molar-refractivity contribution in [2.75, 3.05) is 44.6 Å². The molecule has 1 aliphatic carbocycles. The largest absolute Gasteiger partial charge is 0.384 e. The van der Waals surface area contributed by atoms with Crippen molar-refractivity contribution in [1.82, 2.24) is 9.80 Å². The zero-order valence-corrected chi connectivity index (χ0v) is 12.3. The van der Waals surface area contributed by atoms with E-state index in [2.05, 4.69) is 33.3 Å². The maximum atomic E-state index is 3.44. The van der Waals surface area contributed by atoms with Crippen LogP contribution >= 0.6 is 0 Å². The van der Waals surface area contributed by atoms with Crippen LogP contribution in [-0.4, -0.2) is 49.1 Å². The molecule has 3 aliphatic rings. The lowest BCUT2D eigenvalue weighted by Crippen LogP contribution is -2.46. The second-order valence-corrected chi connectivity index (χ2v) is 6.69. The van der Waals surface area contributed by atoms with Crippen molar-refractivity contribution in [2.24, 2.45) is 5.92 Å². The molecule has 3 heteroatoms. The summed E-state index contributed by atoms with van der Waals surface area (Å²) in [7, 11) is 0. The number of anilines is 1. The lowest BCUT2D eigenvalue weighted by atomic mass is 10.1. The zero-order valence-electron chi connectivity index (χ0n) is 12.3. The van der Waals surface area contributed by atoms with Crippen molar-refractivity contribution < 1.29 is 0 Å². The number of fused-ring (bicyclic) bond motifs is 1. The Morgan fingerprint density at radius 2 is 1.85 bits per heavy atom. The molecule has 2 fully saturated rings. The summed E-state index contributed by atoms with van der Waals surface area (Å²) < 4.78 is 0. The maximum Gasteiger partial charge on any atom is 0.0373 e. The van der Waals surface area contributed by atoms with Gasteiger partial charge >= 0.3 is 0 Å². The van der Waals surface area contributed by atoms with Crippen LogP contribution in [0.1, 0.15) is 24.0 Å². The van der Waals surface area contributed by atoms with Crippen molar-refractivity contribution in [3.8, 4) is 0 Å². The molecule has 1 saturated heterocycles. The van der Waals surface area contributed by atoms with Gasteiger partial charge in [-0.15, -0.1) is 0 Å². The minimum atomic E-state index is 1.03. The van der Waals surface area contributed by atoms with Gasteiger partial charge in [-0.1, -0.05) is 12.1 Å². The molecule has 1 saturated carbocycles. The van der Waals surface area contributed by atoms with Crippen LogP contribution < -0.4 is 5.32 Å². The van der Waals surface area contributed by atoms with Gasteiger partial charge in [-0.05, 0) is 42.4 Å². The lowest BCUT2D eigenvalue weighted by Gasteiger charge is -2.34. The standard InChI is InChI=1S/C17H25N3/c1-2-14(1)12-19-7-9-20(10-8-19)13-15-3-4-17-16(11-15)5-6-18-17/h3-4,11,14,18H,1-2,5-10,12-13H2. The Morgan fingerprint density at radius 3 is 2.65 bits per heavy atom. The molecule has 0 radical (unpaired) electrons. The van der Waals surface area contributed by atoms with Crippen molar-refractivity contribution in [3.05, 3.63) is 29.3 Å². The highest BCUT2D eigenvalue weighted by Gasteiger charge is 2.26. The number of nitrogens with zero attached hydrogens (tertiary/aromatic N) is 2. The number of nitrogens with one attached hydrogen (secondary N) is 1. The molecular formula is C17H25N3. The lowest BCUT2D eigenvalue weighted by molar-refractivity contribution is 0.123. The third-order valence-corrected chi connectivity index (χ3v) is 4.96. The molecule has 0 aromatic heterocycles. The van der Waals surface area contributed by atoms with Crippen LogP contribution in [0.4, 0.5) is 5.69 Å². The molecule has 1 aromatic rings. The topological polar surface area (TPSA) is 18.5 Å². The molecule has 108 valence electrons. The van der Waals surface area contributed by atoms with E-state index in [1.807, 2.05) is 0 Å². The van der Waals surface area contributed by atoms with Gasteiger partial charge in [0, 0.05) is 51.5 Å². The molecule has 0 spiro atoms. The summed E-state index contributed by atoms with van der Waals surface area (Å²) in [6.07, 6.45) is 4.14. The highest BCUT2D eigenvalue weighted by molar-refractivity contribution is 5.56. The van der Waals surface area contributed by atoms with Gasteiger partial charge in [0.15, 0.2) is 0 Å². The monoisotopic (exact) mass is 271 g/mol. The van der Waals surface area contributed by atoms with Crippen LogP contribution in [0, 0.1) is 5.92 Å². The summed E-state index contributed by atoms with van der Waals surface area (Å²) in [6.45, 7) is 8.61. The van der Waals surface area contributed by atoms with Gasteiger partial charge in [0.05, 0.1) is 0 Å². The van der Waals surface area contributed by atoms with Crippen LogP contribution in [0.2, 0.25) is 0 Å². The normalized spacial score (nSPS) is 23.6. The van der Waals surface area contributed by atoms with Gasteiger partial charge in [-0.25, -0.2) is 0 Å². The number of rotatable bonds is 4. The van der Waals surface area contributed by atoms with Gasteiger partial charge in [0.1, 0.15) is 0 Å². The molecule has 2 heterocycles. The predicted molar refractivity (Wildman–Crippen MR) is 83.1 cm³/mol. The van der Waals surface area contributed by atoms with E-state index in [-0.39, 0.29) is 0 Å². The first kappa shape index (κ1) is 12.7. The maximum absolute atomic E-state index is 3.44. The fraction of sp³-hybridized carbons (Fsp3) is 0.647. The van der Waals surface area contributed by atoms with E-state index in [0.717, 1.165) is 19.0 Å². The minimum absolute atomic E-state index is 1.03. The molecule has 2 aliphatic heterocycles. The molecule has 0 unspecified atom stereocenters. The molecule has 0 amide bonds. The molecule has 0 bridgehead atoms. The summed E-state index contributed by atoms with van der Waals surface area (Å²) in [5, 5.41) is 3.44. The Hall–Kier alpha value is -1.06. The van der Waals surface area contributed by atoms with Gasteiger partial charge in [0.25, 0.3) is 0 Å². The SMILES string of the molecule is c1cc2c(cc1CN1CCN(CC3CC3)CC1)CCN2. The molecule has 1 N–H and O–H groups in total. The molecule has 3 nitrogen and oxygen atoms in total. The van der Waals surface area contributed by atoms with Crippen LogP contribution in [-0.2, 0) is 13.0 Å². The summed E-state index contributed by atoms with van der Waals surface area (Å²) in [5.74, 6) is 1.03. The van der Waals surface area contributed by atoms with Crippen molar-refractivity contribution in [1.29, 1.82) is 0 Å². The Bertz CT molecular complexity index is 473. The quantitative estimate of drug-likeness (QED) is 0.905. The van der Waals surface area contributed by atoms with Crippen LogP contribution in [0.25, 0.3) is 0 Å². The van der Waals surface area contributed by atoms with Gasteiger partial charge in [-0.3, -0.25) is 4.90 Å². The Balaban J connectivity index is 1.31. The summed E-state index contributed by atoms with van der Waals surface area (Å²) in [5.41, 5.74) is 4.35. The minimum Gasteiger partial charge on any atom is -0.384 e. The van der Waals surface area contributed by atoms with E-state index in [4.69, 9.17) is 0 Å². The highest BCUT2D eigenvalue weighted by atomic mass is 15.3. The van der Waals surface area contributed by atoms with E-state index in [0.29, 0.717) is 0 Å². The van der Waals surface area contributed by atoms with E-state index >= 15 is 0 Å². The van der Waals surface area contributed by atoms with Crippen LogP contribution in [0.15, 0.2) is 18.2 Å². The third kappa shape index (κ3) is 2.84. The fourth-order valence-corrected chi connectivity index (χ4v) is 3.51. The molecule has 0 atom stereocenters. The van der Waals surface area contributed by atoms with Crippen LogP contribution in [0.5, 0.6) is 0 Å². The van der Waals surface area contributed by atoms with E-state index in [1.165, 1.54) is 68.8 Å². The van der Waals surface area contributed by atoms with Gasteiger partial charge in [0.2, 0.25) is 0 Å². The second-order valence-electron chi connectivity index (χ2n) is 6.69. The zero-order chi connectivity index (χ0) is 13.4. The summed E-state index contributed by atoms with van der Waals surface area (Å²) >= 11 is 0. The smallest absolute Gasteiger partial charge is 0.0373 e. The highest BCUT2D eigenvalue weighted by Crippen LogP contribution is 2.30. The summed E-state index contributed by atoms with van der Waals surface area (Å²) in [6, 6.07) is 6.97. The fourth-order valence-electron chi connectivity index (χ4n) is 3.51. The first-order valence-electron chi connectivity index (χ1n) is 8.17. The number of hydrogen-bond donors (Lipinski definition) is 1. The van der Waals surface area contributed by atoms with Crippen LogP contribution in [0.3, 0.4) is 0 Å². The molecule has 4 rings (SSSR count). The first-order chi connectivity index (χ1) is 9.87. The molecule has 1 aromatic carbocycles. The van der Waals surface area contributed by atoms with E-state index < -0.39 is 0 Å². The Kier molecular flexibility index (Phi) is 3.41. The molecular weight excluding hydrogens is 246 g/mol. The first-order valence-corrected chi connectivity index (χ1v) is 8.17. The third-order valence-electron chi connectivity index (χ3n) is 4.96. The van der Waals surface area contributed by atoms with Crippen molar-refractivity contribution in [3.63, 3.8) is 0 Å². The van der Waals surface area contributed by atoms with Crippen molar-refractivity contribution in [2.45, 2.75) is 25.8 Å². The van der Waals surface area contributed by atoms with E-state index in [9.17, 15) is 0 Å². The number of benzene rings is 1. The Labute approximate surface area is 121 Å². The predicted octanol–water partition coefficient (Wildman–Crippen LogP) is 2.18. The number of piperazine rings is 1. The average molecular weight is 271 g/mol. The van der Waals surface area contributed by atoms with E-state index in [1.54, 1.807) is 0 Å². The average Bonchev–Trinajstić information content (AvgIpc) is 3.15. The van der Waals surface area contributed by atoms with Crippen molar-refractivity contribution >= 4 is 5.69 Å².